The van der Waals surface area contributed by atoms with Crippen LogP contribution < -0.4 is 0 Å². The van der Waals surface area contributed by atoms with Crippen molar-refractivity contribution in [3.05, 3.63) is 18.0 Å². The lowest BCUT2D eigenvalue weighted by molar-refractivity contribution is 0.161. The van der Waals surface area contributed by atoms with Crippen molar-refractivity contribution in [3.63, 3.8) is 0 Å². The first kappa shape index (κ1) is 15.0. The number of piperidine rings is 1. The Labute approximate surface area is 128 Å². The second-order valence-corrected chi connectivity index (χ2v) is 6.78. The fourth-order valence-electron chi connectivity index (χ4n) is 4.12. The molecule has 0 spiro atoms. The predicted octanol–water partition coefficient (Wildman–Crippen LogP) is 2.64. The van der Waals surface area contributed by atoms with Gasteiger partial charge in [-0.3, -0.25) is 4.68 Å². The van der Waals surface area contributed by atoms with Crippen molar-refractivity contribution in [2.24, 2.45) is 5.92 Å². The number of aliphatic hydroxyl groups excluding tert-OH is 1. The van der Waals surface area contributed by atoms with Gasteiger partial charge in [-0.05, 0) is 50.8 Å². The van der Waals surface area contributed by atoms with Crippen molar-refractivity contribution < 1.29 is 5.11 Å². The van der Waals surface area contributed by atoms with Crippen LogP contribution in [0.3, 0.4) is 0 Å². The zero-order chi connectivity index (χ0) is 14.5. The molecule has 0 amide bonds. The molecule has 0 aromatic carbocycles. The molecule has 1 aliphatic heterocycles. The van der Waals surface area contributed by atoms with Crippen molar-refractivity contribution in [1.29, 1.82) is 0 Å². The minimum Gasteiger partial charge on any atom is -0.394 e. The fourth-order valence-corrected chi connectivity index (χ4v) is 4.12. The van der Waals surface area contributed by atoms with Crippen molar-refractivity contribution >= 4 is 0 Å². The molecular formula is C17H29N3O. The highest BCUT2D eigenvalue weighted by Crippen LogP contribution is 2.30. The molecule has 1 aromatic rings. The van der Waals surface area contributed by atoms with Gasteiger partial charge in [0.05, 0.1) is 13.2 Å². The number of rotatable bonds is 5. The molecule has 0 unspecified atom stereocenters. The summed E-state index contributed by atoms with van der Waals surface area (Å²) in [6, 6.07) is 2.14. The maximum absolute atomic E-state index is 9.12. The minimum absolute atomic E-state index is 0.176. The Morgan fingerprint density at radius 3 is 2.57 bits per heavy atom. The van der Waals surface area contributed by atoms with Gasteiger partial charge in [0.15, 0.2) is 0 Å². The van der Waals surface area contributed by atoms with Crippen molar-refractivity contribution in [1.82, 2.24) is 14.7 Å². The molecule has 2 heterocycles. The van der Waals surface area contributed by atoms with E-state index in [4.69, 9.17) is 5.11 Å². The van der Waals surface area contributed by atoms with Gasteiger partial charge in [0.1, 0.15) is 0 Å². The van der Waals surface area contributed by atoms with E-state index in [1.165, 1.54) is 70.3 Å². The van der Waals surface area contributed by atoms with Crippen LogP contribution in [-0.4, -0.2) is 46.0 Å². The summed E-state index contributed by atoms with van der Waals surface area (Å²) in [7, 11) is 0. The molecule has 118 valence electrons. The summed E-state index contributed by atoms with van der Waals surface area (Å²) >= 11 is 0. The van der Waals surface area contributed by atoms with Crippen LogP contribution >= 0.6 is 0 Å². The minimum atomic E-state index is 0.176. The molecule has 0 bridgehead atoms. The zero-order valence-electron chi connectivity index (χ0n) is 13.1. The molecule has 1 aromatic heterocycles. The third kappa shape index (κ3) is 3.86. The van der Waals surface area contributed by atoms with Crippen LogP contribution in [0.15, 0.2) is 12.3 Å². The van der Waals surface area contributed by atoms with E-state index in [9.17, 15) is 0 Å². The maximum atomic E-state index is 9.12. The smallest absolute Gasteiger partial charge is 0.0644 e. The molecule has 2 aliphatic rings. The van der Waals surface area contributed by atoms with Gasteiger partial charge in [0.2, 0.25) is 0 Å². The van der Waals surface area contributed by atoms with E-state index in [2.05, 4.69) is 16.1 Å². The number of aromatic nitrogens is 2. The van der Waals surface area contributed by atoms with Crippen LogP contribution in [0.25, 0.3) is 0 Å². The summed E-state index contributed by atoms with van der Waals surface area (Å²) in [5.74, 6) is 1.58. The van der Waals surface area contributed by atoms with Crippen molar-refractivity contribution in [2.75, 3.05) is 26.2 Å². The van der Waals surface area contributed by atoms with Crippen molar-refractivity contribution in [2.45, 2.75) is 57.4 Å². The second-order valence-electron chi connectivity index (χ2n) is 6.78. The Bertz CT molecular complexity index is 417. The Morgan fingerprint density at radius 1 is 1.10 bits per heavy atom. The van der Waals surface area contributed by atoms with Gasteiger partial charge in [-0.25, -0.2) is 0 Å². The quantitative estimate of drug-likeness (QED) is 0.906. The highest BCUT2D eigenvalue weighted by Gasteiger charge is 2.25. The van der Waals surface area contributed by atoms with Crippen molar-refractivity contribution in [3.8, 4) is 0 Å². The van der Waals surface area contributed by atoms with Gasteiger partial charge < -0.3 is 10.0 Å². The third-order valence-electron chi connectivity index (χ3n) is 5.31. The first-order valence-corrected chi connectivity index (χ1v) is 8.71. The second kappa shape index (κ2) is 7.41. The summed E-state index contributed by atoms with van der Waals surface area (Å²) in [6.45, 7) is 4.58. The maximum Gasteiger partial charge on any atom is 0.0644 e. The van der Waals surface area contributed by atoms with E-state index in [1.807, 2.05) is 10.9 Å². The predicted molar refractivity (Wildman–Crippen MR) is 84.3 cm³/mol. The molecular weight excluding hydrogens is 262 g/mol. The number of likely N-dealkylation sites (tertiary alicyclic amines) is 1. The monoisotopic (exact) mass is 291 g/mol. The number of hydrogen-bond donors (Lipinski definition) is 1. The lowest BCUT2D eigenvalue weighted by Crippen LogP contribution is -2.37. The van der Waals surface area contributed by atoms with Crippen LogP contribution in [0.1, 0.15) is 56.6 Å². The summed E-state index contributed by atoms with van der Waals surface area (Å²) in [6.07, 6.45) is 11.6. The Kier molecular flexibility index (Phi) is 5.31. The number of hydrogen-bond acceptors (Lipinski definition) is 3. The fraction of sp³-hybridized carbons (Fsp3) is 0.824. The standard InChI is InChI=1S/C17H29N3O/c21-13-12-20-17(6-9-18-20)16-7-10-19(11-8-16)14-15-4-2-1-3-5-15/h6,9,15-16,21H,1-5,7-8,10-14H2. The van der Waals surface area contributed by atoms with Gasteiger partial charge in [0, 0.05) is 24.4 Å². The van der Waals surface area contributed by atoms with Crippen LogP contribution in [0, 0.1) is 5.92 Å². The largest absolute Gasteiger partial charge is 0.394 e. The summed E-state index contributed by atoms with van der Waals surface area (Å²) in [5.41, 5.74) is 1.32. The zero-order valence-corrected chi connectivity index (χ0v) is 13.1. The average molecular weight is 291 g/mol. The van der Waals surface area contributed by atoms with Gasteiger partial charge in [-0.15, -0.1) is 0 Å². The molecule has 1 saturated heterocycles. The van der Waals surface area contributed by atoms with Crippen LogP contribution in [0.5, 0.6) is 0 Å². The van der Waals surface area contributed by atoms with Gasteiger partial charge in [-0.1, -0.05) is 19.3 Å². The number of aliphatic hydroxyl groups is 1. The Hall–Kier alpha value is -0.870. The average Bonchev–Trinajstić information content (AvgIpc) is 2.98. The van der Waals surface area contributed by atoms with E-state index in [0.29, 0.717) is 12.5 Å². The van der Waals surface area contributed by atoms with E-state index in [0.717, 1.165) is 5.92 Å². The lowest BCUT2D eigenvalue weighted by Gasteiger charge is -2.35. The molecule has 0 radical (unpaired) electrons. The molecule has 4 nitrogen and oxygen atoms in total. The molecule has 1 N–H and O–H groups in total. The molecule has 2 fully saturated rings. The molecule has 0 atom stereocenters. The molecule has 1 saturated carbocycles. The molecule has 3 rings (SSSR count). The summed E-state index contributed by atoms with van der Waals surface area (Å²) in [5, 5.41) is 13.5. The first-order valence-electron chi connectivity index (χ1n) is 8.71. The summed E-state index contributed by atoms with van der Waals surface area (Å²) < 4.78 is 1.99. The number of nitrogens with zero attached hydrogens (tertiary/aromatic N) is 3. The van der Waals surface area contributed by atoms with Crippen LogP contribution in [0.2, 0.25) is 0 Å². The van der Waals surface area contributed by atoms with Crippen LogP contribution in [-0.2, 0) is 6.54 Å². The van der Waals surface area contributed by atoms with E-state index in [-0.39, 0.29) is 6.61 Å². The normalized spacial score (nSPS) is 22.7. The molecule has 4 heteroatoms. The first-order chi connectivity index (χ1) is 10.4. The van der Waals surface area contributed by atoms with E-state index < -0.39 is 0 Å². The Balaban J connectivity index is 1.49. The summed E-state index contributed by atoms with van der Waals surface area (Å²) in [4.78, 5) is 2.68. The highest BCUT2D eigenvalue weighted by molar-refractivity contribution is 5.09. The van der Waals surface area contributed by atoms with E-state index in [1.54, 1.807) is 0 Å². The van der Waals surface area contributed by atoms with Crippen LogP contribution in [0.4, 0.5) is 0 Å². The van der Waals surface area contributed by atoms with E-state index >= 15 is 0 Å². The van der Waals surface area contributed by atoms with Gasteiger partial charge in [0.25, 0.3) is 0 Å². The molecule has 21 heavy (non-hydrogen) atoms. The van der Waals surface area contributed by atoms with Gasteiger partial charge >= 0.3 is 0 Å². The lowest BCUT2D eigenvalue weighted by atomic mass is 9.87. The molecule has 1 aliphatic carbocycles. The Morgan fingerprint density at radius 2 is 1.86 bits per heavy atom. The highest BCUT2D eigenvalue weighted by atomic mass is 16.3. The topological polar surface area (TPSA) is 41.3 Å². The SMILES string of the molecule is OCCn1nccc1C1CCN(CC2CCCCC2)CC1. The van der Waals surface area contributed by atoms with Gasteiger partial charge in [-0.2, -0.15) is 5.10 Å². The third-order valence-corrected chi connectivity index (χ3v) is 5.31.